The third-order valence-electron chi connectivity index (χ3n) is 15.4. The van der Waals surface area contributed by atoms with Crippen molar-refractivity contribution in [2.24, 2.45) is 0 Å². The highest BCUT2D eigenvalue weighted by Crippen LogP contribution is 2.46. The Morgan fingerprint density at radius 2 is 0.305 bits per heavy atom. The summed E-state index contributed by atoms with van der Waals surface area (Å²) in [5, 5.41) is 0. The molecule has 0 aliphatic heterocycles. The van der Waals surface area contributed by atoms with E-state index in [4.69, 9.17) is 0 Å². The Balaban J connectivity index is 0.000000421. The second kappa shape index (κ2) is 19.5. The third kappa shape index (κ3) is 8.80. The van der Waals surface area contributed by atoms with Gasteiger partial charge in [0.1, 0.15) is 10.9 Å². The Kier molecular flexibility index (Phi) is 17.3. The molecule has 5 aromatic carbocycles. The second-order valence-corrected chi connectivity index (χ2v) is 22.2. The van der Waals surface area contributed by atoms with Crippen molar-refractivity contribution in [3.63, 3.8) is 0 Å². The molecule has 0 N–H and O–H groups in total. The molecule has 0 aliphatic rings. The Morgan fingerprint density at radius 3 is 0.458 bits per heavy atom. The Morgan fingerprint density at radius 1 is 0.186 bits per heavy atom. The molecule has 0 unspecified atom stereocenters. The van der Waals surface area contributed by atoms with Crippen LogP contribution in [0.3, 0.4) is 0 Å². The average molecular weight is 927 g/mol. The molecule has 0 nitrogen and oxygen atoms in total. The van der Waals surface area contributed by atoms with Crippen LogP contribution in [0.25, 0.3) is 0 Å². The van der Waals surface area contributed by atoms with Gasteiger partial charge in [0.15, 0.2) is 14.7 Å². The largest absolute Gasteiger partial charge is 0.359 e. The van der Waals surface area contributed by atoms with E-state index in [2.05, 4.69) is 173 Å². The lowest BCUT2D eigenvalue weighted by Crippen LogP contribution is -3.62. The summed E-state index contributed by atoms with van der Waals surface area (Å²) >= 11 is -0.151. The summed E-state index contributed by atoms with van der Waals surface area (Å²) in [6.07, 6.45) is 0. The van der Waals surface area contributed by atoms with Crippen LogP contribution in [0.4, 0.5) is 0 Å². The number of benzene rings is 5. The van der Waals surface area contributed by atoms with Crippen LogP contribution in [-0.4, -0.2) is 0 Å². The fourth-order valence-corrected chi connectivity index (χ4v) is 16.1. The molecule has 0 aliphatic carbocycles. The molecule has 0 aromatic heterocycles. The molecule has 0 atom stereocenters. The zero-order valence-electron chi connectivity index (χ0n) is 40.8. The minimum atomic E-state index is -0.171. The van der Waals surface area contributed by atoms with Crippen molar-refractivity contribution in [1.29, 1.82) is 0 Å². The molecule has 0 saturated carbocycles. The van der Waals surface area contributed by atoms with Crippen LogP contribution in [0.15, 0.2) is 14.7 Å². The van der Waals surface area contributed by atoms with Crippen molar-refractivity contribution >= 4 is 10.9 Å². The van der Waals surface area contributed by atoms with Gasteiger partial charge in [0, 0.05) is 55.6 Å². The van der Waals surface area contributed by atoms with Crippen molar-refractivity contribution in [2.75, 3.05) is 0 Å². The SMILES string of the molecule is C.C.Cc1c(C)c(C)c([I+]c2c(C)c(C)c(C)c(C)c2C)c(C)c1C.Cc1c(C)c(C)c([S+](c2c(C)c(C)c(C)c(C)c2C)c2c(C)c(C)c(C)c(C)c2C)c(C)c1C. The highest BCUT2D eigenvalue weighted by atomic mass is 127. The maximum Gasteiger partial charge on any atom is 0.359 e. The molecule has 5 aromatic rings. The van der Waals surface area contributed by atoms with E-state index in [-0.39, 0.29) is 47.0 Å². The first-order chi connectivity index (χ1) is 26.3. The van der Waals surface area contributed by atoms with Gasteiger partial charge in [-0.2, -0.15) is 0 Å². The Hall–Kier alpha value is -2.82. The van der Waals surface area contributed by atoms with Crippen LogP contribution in [0.1, 0.15) is 154 Å². The van der Waals surface area contributed by atoms with Crippen molar-refractivity contribution in [3.05, 3.63) is 146 Å². The summed E-state index contributed by atoms with van der Waals surface area (Å²) in [5.41, 5.74) is 36.8. The van der Waals surface area contributed by atoms with Gasteiger partial charge in [-0.3, -0.25) is 0 Å². The van der Waals surface area contributed by atoms with E-state index >= 15 is 0 Å². The van der Waals surface area contributed by atoms with E-state index in [1.54, 1.807) is 21.8 Å². The monoisotopic (exact) mass is 927 g/mol. The third-order valence-corrected chi connectivity index (χ3v) is 22.8. The minimum Gasteiger partial charge on any atom is -0.0776 e. The molecule has 5 rings (SSSR count). The van der Waals surface area contributed by atoms with Gasteiger partial charge in [-0.25, -0.2) is 0 Å². The minimum absolute atomic E-state index is 0. The lowest BCUT2D eigenvalue weighted by Gasteiger charge is -2.25. The van der Waals surface area contributed by atoms with Crippen LogP contribution in [-0.2, 0) is 10.9 Å². The molecule has 0 fully saturated rings. The summed E-state index contributed by atoms with van der Waals surface area (Å²) in [6.45, 7) is 57.9. The summed E-state index contributed by atoms with van der Waals surface area (Å²) in [7, 11) is -0.171. The Labute approximate surface area is 378 Å². The summed E-state index contributed by atoms with van der Waals surface area (Å²) < 4.78 is 3.27. The van der Waals surface area contributed by atoms with Gasteiger partial charge < -0.3 is 0 Å². The van der Waals surface area contributed by atoms with Gasteiger partial charge in [0.2, 0.25) is 7.14 Å². The smallest absolute Gasteiger partial charge is 0.0776 e. The molecule has 2 heteroatoms. The van der Waals surface area contributed by atoms with Gasteiger partial charge in [0.25, 0.3) is 0 Å². The quantitative estimate of drug-likeness (QED) is 0.122. The van der Waals surface area contributed by atoms with Crippen LogP contribution in [0.5, 0.6) is 0 Å². The highest BCUT2D eigenvalue weighted by Gasteiger charge is 2.41. The molecule has 0 saturated heterocycles. The molecule has 0 radical (unpaired) electrons. The standard InChI is InChI=1S/C33H45S.C22H30I.2CH4/c1-16-19(4)25(10)31(26(11)20(16)5)34(32-27(12)21(6)17(2)22(7)28(32)13)33-29(14)23(8)18(3)24(9)30(33)15;1-11-13(3)17(7)21(18(8)14(11)4)23-22-19(9)15(5)12(2)16(6)20(22)10;;/h1-15H3;1-10H3;2*1H4/q2*+1;;. The van der Waals surface area contributed by atoms with Gasteiger partial charge in [-0.05, 0) is 257 Å². The first-order valence-electron chi connectivity index (χ1n) is 21.0. The molecule has 0 amide bonds. The highest BCUT2D eigenvalue weighted by molar-refractivity contribution is 7.97. The van der Waals surface area contributed by atoms with Crippen LogP contribution in [0, 0.1) is 180 Å². The summed E-state index contributed by atoms with van der Waals surface area (Å²) in [5.74, 6) is 0. The van der Waals surface area contributed by atoms with Crippen LogP contribution >= 0.6 is 0 Å². The van der Waals surface area contributed by atoms with Gasteiger partial charge >= 0.3 is 21.2 Å². The molecular weight excluding hydrogens is 844 g/mol. The second-order valence-electron chi connectivity index (χ2n) is 17.6. The van der Waals surface area contributed by atoms with Crippen molar-refractivity contribution in [2.45, 2.75) is 203 Å². The summed E-state index contributed by atoms with van der Waals surface area (Å²) in [6, 6.07) is 0. The van der Waals surface area contributed by atoms with Crippen molar-refractivity contribution in [3.8, 4) is 0 Å². The molecule has 322 valence electrons. The van der Waals surface area contributed by atoms with E-state index < -0.39 is 0 Å². The predicted octanol–water partition coefficient (Wildman–Crippen LogP) is 13.6. The molecular formula is C57H83IS+2. The number of hydrogen-bond donors (Lipinski definition) is 0. The zero-order valence-corrected chi connectivity index (χ0v) is 43.8. The van der Waals surface area contributed by atoms with E-state index in [0.29, 0.717) is 0 Å². The zero-order chi connectivity index (χ0) is 43.6. The van der Waals surface area contributed by atoms with E-state index in [9.17, 15) is 0 Å². The van der Waals surface area contributed by atoms with E-state index in [1.807, 2.05) is 0 Å². The lowest BCUT2D eigenvalue weighted by molar-refractivity contribution is -0.600. The molecule has 0 bridgehead atoms. The van der Waals surface area contributed by atoms with E-state index in [1.165, 1.54) is 139 Å². The maximum absolute atomic E-state index is 2.36. The fourth-order valence-electron chi connectivity index (χ4n) is 8.91. The molecule has 0 heterocycles. The lowest BCUT2D eigenvalue weighted by atomic mass is 9.94. The number of halogens is 1. The molecule has 59 heavy (non-hydrogen) atoms. The van der Waals surface area contributed by atoms with Crippen molar-refractivity contribution in [1.82, 2.24) is 0 Å². The van der Waals surface area contributed by atoms with Crippen LogP contribution < -0.4 is 21.2 Å². The first kappa shape index (κ1) is 52.3. The van der Waals surface area contributed by atoms with Crippen LogP contribution in [0.2, 0.25) is 0 Å². The predicted molar refractivity (Wildman–Crippen MR) is 264 cm³/mol. The number of hydrogen-bond acceptors (Lipinski definition) is 0. The maximum atomic E-state index is 2.36. The van der Waals surface area contributed by atoms with Gasteiger partial charge in [0.05, 0.1) is 0 Å². The van der Waals surface area contributed by atoms with Gasteiger partial charge in [-0.15, -0.1) is 0 Å². The molecule has 0 spiro atoms. The Bertz CT molecular complexity index is 2090. The van der Waals surface area contributed by atoms with Crippen molar-refractivity contribution < 1.29 is 21.2 Å². The average Bonchev–Trinajstić information content (AvgIpc) is 3.19. The topological polar surface area (TPSA) is 0 Å². The fraction of sp³-hybridized carbons (Fsp3) is 0.474. The first-order valence-corrected chi connectivity index (χ1v) is 24.4. The van der Waals surface area contributed by atoms with Gasteiger partial charge in [-0.1, -0.05) is 14.9 Å². The number of rotatable bonds is 5. The van der Waals surface area contributed by atoms with E-state index in [0.717, 1.165) is 0 Å². The normalized spacial score (nSPS) is 11.1. The summed E-state index contributed by atoms with van der Waals surface area (Å²) in [4.78, 5) is 4.63.